The van der Waals surface area contributed by atoms with Gasteiger partial charge in [0.2, 0.25) is 5.88 Å². The van der Waals surface area contributed by atoms with E-state index in [1.54, 1.807) is 17.9 Å². The molecule has 0 spiro atoms. The zero-order valence-corrected chi connectivity index (χ0v) is 10.6. The molecule has 0 aromatic carbocycles. The molecule has 6 nitrogen and oxygen atoms in total. The first-order chi connectivity index (χ1) is 8.69. The Kier molecular flexibility index (Phi) is 3.66. The van der Waals surface area contributed by atoms with Crippen LogP contribution in [0.4, 0.5) is 11.5 Å². The van der Waals surface area contributed by atoms with Gasteiger partial charge in [-0.05, 0) is 18.2 Å². The minimum Gasteiger partial charge on any atom is -0.479 e. The molecule has 0 amide bonds. The molecule has 0 radical (unpaired) electrons. The molecule has 0 unspecified atom stereocenters. The molecular formula is C12H17N5O. The number of nitrogen functional groups attached to an aromatic ring is 1. The van der Waals surface area contributed by atoms with Gasteiger partial charge in [-0.1, -0.05) is 0 Å². The second-order valence-corrected chi connectivity index (χ2v) is 3.95. The van der Waals surface area contributed by atoms with Crippen LogP contribution in [-0.2, 0) is 13.5 Å². The predicted octanol–water partition coefficient (Wildman–Crippen LogP) is 1.06. The largest absolute Gasteiger partial charge is 0.479 e. The quantitative estimate of drug-likeness (QED) is 0.826. The highest BCUT2D eigenvalue weighted by atomic mass is 16.5. The third-order valence-corrected chi connectivity index (χ3v) is 2.54. The van der Waals surface area contributed by atoms with Crippen LogP contribution in [0.1, 0.15) is 5.69 Å². The zero-order valence-electron chi connectivity index (χ0n) is 10.6. The predicted molar refractivity (Wildman–Crippen MR) is 70.6 cm³/mol. The fraction of sp³-hybridized carbons (Fsp3) is 0.333. The number of aromatic nitrogens is 3. The van der Waals surface area contributed by atoms with Crippen LogP contribution in [0.2, 0.25) is 0 Å². The number of hydrogen-bond donors (Lipinski definition) is 2. The molecule has 0 saturated carbocycles. The van der Waals surface area contributed by atoms with Gasteiger partial charge in [-0.2, -0.15) is 10.1 Å². The van der Waals surface area contributed by atoms with E-state index in [4.69, 9.17) is 10.5 Å². The number of nitrogens with two attached hydrogens (primary N) is 1. The van der Waals surface area contributed by atoms with Crippen LogP contribution in [0.3, 0.4) is 0 Å². The molecule has 6 heteroatoms. The lowest BCUT2D eigenvalue weighted by Crippen LogP contribution is -2.08. The van der Waals surface area contributed by atoms with Gasteiger partial charge in [0.25, 0.3) is 0 Å². The van der Waals surface area contributed by atoms with E-state index < -0.39 is 0 Å². The Balaban J connectivity index is 1.90. The van der Waals surface area contributed by atoms with Gasteiger partial charge < -0.3 is 15.8 Å². The lowest BCUT2D eigenvalue weighted by atomic mass is 10.3. The van der Waals surface area contributed by atoms with E-state index >= 15 is 0 Å². The lowest BCUT2D eigenvalue weighted by molar-refractivity contribution is 0.401. The highest BCUT2D eigenvalue weighted by Crippen LogP contribution is 2.19. The van der Waals surface area contributed by atoms with E-state index in [0.717, 1.165) is 24.5 Å². The molecule has 2 heterocycles. The monoisotopic (exact) mass is 247 g/mol. The van der Waals surface area contributed by atoms with E-state index in [0.29, 0.717) is 11.6 Å². The van der Waals surface area contributed by atoms with Gasteiger partial charge >= 0.3 is 0 Å². The van der Waals surface area contributed by atoms with Crippen molar-refractivity contribution in [3.05, 3.63) is 30.1 Å². The average molecular weight is 247 g/mol. The summed E-state index contributed by atoms with van der Waals surface area (Å²) in [7, 11) is 3.46. The van der Waals surface area contributed by atoms with Crippen LogP contribution < -0.4 is 15.8 Å². The Bertz CT molecular complexity index is 523. The van der Waals surface area contributed by atoms with Crippen LogP contribution >= 0.6 is 0 Å². The summed E-state index contributed by atoms with van der Waals surface area (Å²) in [6, 6.07) is 5.60. The Labute approximate surface area is 106 Å². The summed E-state index contributed by atoms with van der Waals surface area (Å²) in [4.78, 5) is 4.24. The Morgan fingerprint density at radius 1 is 1.39 bits per heavy atom. The van der Waals surface area contributed by atoms with Crippen LogP contribution in [-0.4, -0.2) is 28.4 Å². The molecule has 0 aliphatic rings. The molecule has 96 valence electrons. The van der Waals surface area contributed by atoms with Gasteiger partial charge in [-0.15, -0.1) is 0 Å². The second kappa shape index (κ2) is 5.39. The molecule has 18 heavy (non-hydrogen) atoms. The molecule has 2 aromatic heterocycles. The summed E-state index contributed by atoms with van der Waals surface area (Å²) in [5, 5.41) is 7.51. The maximum Gasteiger partial charge on any atom is 0.238 e. The topological polar surface area (TPSA) is 78.0 Å². The average Bonchev–Trinajstić information content (AvgIpc) is 2.77. The molecule has 0 saturated heterocycles. The number of methoxy groups -OCH3 is 1. The number of pyridine rings is 1. The van der Waals surface area contributed by atoms with E-state index in [2.05, 4.69) is 15.4 Å². The van der Waals surface area contributed by atoms with Crippen molar-refractivity contribution in [1.29, 1.82) is 0 Å². The minimum absolute atomic E-state index is 0.442. The first kappa shape index (κ1) is 12.2. The smallest absolute Gasteiger partial charge is 0.238 e. The van der Waals surface area contributed by atoms with Crippen LogP contribution in [0.15, 0.2) is 24.4 Å². The van der Waals surface area contributed by atoms with Crippen molar-refractivity contribution in [3.63, 3.8) is 0 Å². The van der Waals surface area contributed by atoms with Crippen molar-refractivity contribution in [2.24, 2.45) is 7.05 Å². The summed E-state index contributed by atoms with van der Waals surface area (Å²) >= 11 is 0. The number of nitrogens with one attached hydrogen (secondary N) is 1. The normalized spacial score (nSPS) is 10.3. The van der Waals surface area contributed by atoms with Crippen molar-refractivity contribution in [1.82, 2.24) is 14.8 Å². The number of aryl methyl sites for hydroxylation is 1. The van der Waals surface area contributed by atoms with Crippen molar-refractivity contribution in [2.75, 3.05) is 24.7 Å². The van der Waals surface area contributed by atoms with Crippen LogP contribution in [0, 0.1) is 0 Å². The molecule has 2 rings (SSSR count). The standard InChI is InChI=1S/C12H17N5O/c1-17-8-6-9(16-17)5-7-14-11-4-3-10(13)12(15-11)18-2/h3-4,6,8H,5,7,13H2,1-2H3,(H,14,15). The highest BCUT2D eigenvalue weighted by molar-refractivity contribution is 5.53. The molecule has 0 bridgehead atoms. The number of ether oxygens (including phenoxy) is 1. The van der Waals surface area contributed by atoms with Crippen molar-refractivity contribution in [2.45, 2.75) is 6.42 Å². The van der Waals surface area contributed by atoms with E-state index in [-0.39, 0.29) is 0 Å². The number of nitrogens with zero attached hydrogens (tertiary/aromatic N) is 3. The molecular weight excluding hydrogens is 230 g/mol. The van der Waals surface area contributed by atoms with Gasteiger partial charge in [0.05, 0.1) is 18.5 Å². The molecule has 3 N–H and O–H groups in total. The molecule has 0 fully saturated rings. The van der Waals surface area contributed by atoms with Crippen molar-refractivity contribution >= 4 is 11.5 Å². The van der Waals surface area contributed by atoms with E-state index in [1.807, 2.05) is 25.4 Å². The fourth-order valence-corrected chi connectivity index (χ4v) is 1.63. The number of hydrogen-bond acceptors (Lipinski definition) is 5. The minimum atomic E-state index is 0.442. The molecule has 0 atom stereocenters. The third-order valence-electron chi connectivity index (χ3n) is 2.54. The lowest BCUT2D eigenvalue weighted by Gasteiger charge is -2.07. The van der Waals surface area contributed by atoms with Gasteiger partial charge in [0.1, 0.15) is 5.82 Å². The first-order valence-corrected chi connectivity index (χ1v) is 5.72. The van der Waals surface area contributed by atoms with Crippen LogP contribution in [0.5, 0.6) is 5.88 Å². The summed E-state index contributed by atoms with van der Waals surface area (Å²) in [6.45, 7) is 0.761. The van der Waals surface area contributed by atoms with E-state index in [1.165, 1.54) is 0 Å². The Hall–Kier alpha value is -2.24. The van der Waals surface area contributed by atoms with Crippen molar-refractivity contribution in [3.8, 4) is 5.88 Å². The zero-order chi connectivity index (χ0) is 13.0. The summed E-state index contributed by atoms with van der Waals surface area (Å²) < 4.78 is 6.85. The van der Waals surface area contributed by atoms with Gasteiger partial charge in [0.15, 0.2) is 0 Å². The molecule has 2 aromatic rings. The van der Waals surface area contributed by atoms with Gasteiger partial charge in [-0.25, -0.2) is 0 Å². The molecule has 0 aliphatic heterocycles. The van der Waals surface area contributed by atoms with Gasteiger partial charge in [0, 0.05) is 26.2 Å². The number of rotatable bonds is 5. The molecule has 0 aliphatic carbocycles. The Morgan fingerprint density at radius 3 is 2.89 bits per heavy atom. The summed E-state index contributed by atoms with van der Waals surface area (Å²) in [5.74, 6) is 1.19. The van der Waals surface area contributed by atoms with E-state index in [9.17, 15) is 0 Å². The number of anilines is 2. The first-order valence-electron chi connectivity index (χ1n) is 5.72. The fourth-order valence-electron chi connectivity index (χ4n) is 1.63. The maximum atomic E-state index is 5.69. The second-order valence-electron chi connectivity index (χ2n) is 3.95. The Morgan fingerprint density at radius 2 is 2.22 bits per heavy atom. The third kappa shape index (κ3) is 2.91. The maximum absolute atomic E-state index is 5.69. The highest BCUT2D eigenvalue weighted by Gasteiger charge is 2.03. The van der Waals surface area contributed by atoms with Crippen molar-refractivity contribution < 1.29 is 4.74 Å². The summed E-state index contributed by atoms with van der Waals surface area (Å²) in [6.07, 6.45) is 2.77. The van der Waals surface area contributed by atoms with Crippen LogP contribution in [0.25, 0.3) is 0 Å². The van der Waals surface area contributed by atoms with Gasteiger partial charge in [-0.3, -0.25) is 4.68 Å². The SMILES string of the molecule is COc1nc(NCCc2ccn(C)n2)ccc1N. The summed E-state index contributed by atoms with van der Waals surface area (Å²) in [5.41, 5.74) is 7.28.